The Morgan fingerprint density at radius 2 is 2.00 bits per heavy atom. The Hall–Kier alpha value is -2.53. The minimum Gasteiger partial charge on any atom is -0.496 e. The Morgan fingerprint density at radius 1 is 1.26 bits per heavy atom. The van der Waals surface area contributed by atoms with Crippen molar-refractivity contribution in [3.63, 3.8) is 0 Å². The van der Waals surface area contributed by atoms with Gasteiger partial charge in [-0.15, -0.1) is 0 Å². The van der Waals surface area contributed by atoms with Crippen molar-refractivity contribution in [3.05, 3.63) is 58.6 Å². The molecule has 23 heavy (non-hydrogen) atoms. The number of nitrogens with one attached hydrogen (secondary N) is 1. The normalized spacial score (nSPS) is 10.6. The summed E-state index contributed by atoms with van der Waals surface area (Å²) in [6, 6.07) is 12.2. The van der Waals surface area contributed by atoms with Crippen LogP contribution in [-0.4, -0.2) is 25.8 Å². The lowest BCUT2D eigenvalue weighted by atomic mass is 10.2. The first-order chi connectivity index (χ1) is 11.1. The van der Waals surface area contributed by atoms with Crippen LogP contribution in [0.5, 0.6) is 11.5 Å². The number of amides is 1. The van der Waals surface area contributed by atoms with Crippen LogP contribution >= 0.6 is 11.6 Å². The minimum atomic E-state index is -0.397. The van der Waals surface area contributed by atoms with E-state index in [0.717, 1.165) is 11.3 Å². The molecule has 6 heteroatoms. The van der Waals surface area contributed by atoms with E-state index in [9.17, 15) is 4.79 Å². The van der Waals surface area contributed by atoms with Crippen molar-refractivity contribution in [2.45, 2.75) is 6.92 Å². The van der Waals surface area contributed by atoms with Crippen LogP contribution in [0.15, 0.2) is 47.6 Å². The lowest BCUT2D eigenvalue weighted by Gasteiger charge is -2.07. The van der Waals surface area contributed by atoms with Gasteiger partial charge in [-0.3, -0.25) is 4.79 Å². The van der Waals surface area contributed by atoms with Crippen LogP contribution in [0.1, 0.15) is 22.8 Å². The molecule has 0 unspecified atom stereocenters. The number of carbonyl (C=O) groups is 1. The maximum absolute atomic E-state index is 12.1. The average Bonchev–Trinajstić information content (AvgIpc) is 2.56. The fraction of sp³-hybridized carbons (Fsp3) is 0.176. The molecule has 0 aliphatic rings. The quantitative estimate of drug-likeness (QED) is 0.650. The van der Waals surface area contributed by atoms with Gasteiger partial charge in [-0.05, 0) is 55.0 Å². The molecular weight excluding hydrogens is 316 g/mol. The van der Waals surface area contributed by atoms with Gasteiger partial charge in [0.15, 0.2) is 0 Å². The van der Waals surface area contributed by atoms with Crippen LogP contribution in [0.2, 0.25) is 5.02 Å². The Labute approximate surface area is 139 Å². The summed E-state index contributed by atoms with van der Waals surface area (Å²) in [6.07, 6.45) is 1.55. The summed E-state index contributed by atoms with van der Waals surface area (Å²) < 4.78 is 10.5. The molecule has 0 aromatic heterocycles. The highest BCUT2D eigenvalue weighted by Gasteiger charge is 2.12. The number of hydrogen-bond acceptors (Lipinski definition) is 4. The van der Waals surface area contributed by atoms with Crippen molar-refractivity contribution in [2.75, 3.05) is 13.7 Å². The summed E-state index contributed by atoms with van der Waals surface area (Å²) in [5.74, 6) is 0.826. The van der Waals surface area contributed by atoms with Crippen molar-refractivity contribution < 1.29 is 14.3 Å². The molecule has 2 aromatic carbocycles. The molecule has 0 fully saturated rings. The van der Waals surface area contributed by atoms with Gasteiger partial charge in [-0.1, -0.05) is 11.6 Å². The van der Waals surface area contributed by atoms with E-state index in [0.29, 0.717) is 22.9 Å². The molecule has 0 atom stereocenters. The van der Waals surface area contributed by atoms with Gasteiger partial charge in [0.1, 0.15) is 11.5 Å². The summed E-state index contributed by atoms with van der Waals surface area (Å²) in [5.41, 5.74) is 3.61. The second-order valence-corrected chi connectivity index (χ2v) is 4.98. The molecule has 2 aromatic rings. The molecule has 1 N–H and O–H groups in total. The molecule has 1 amide bonds. The third-order valence-electron chi connectivity index (χ3n) is 2.98. The number of nitrogens with zero attached hydrogens (tertiary/aromatic N) is 1. The van der Waals surface area contributed by atoms with Crippen molar-refractivity contribution in [3.8, 4) is 11.5 Å². The van der Waals surface area contributed by atoms with Gasteiger partial charge in [0, 0.05) is 5.02 Å². The fourth-order valence-electron chi connectivity index (χ4n) is 1.90. The van der Waals surface area contributed by atoms with E-state index in [1.165, 1.54) is 13.2 Å². The third kappa shape index (κ3) is 4.72. The molecule has 5 nitrogen and oxygen atoms in total. The second kappa shape index (κ2) is 8.19. The summed E-state index contributed by atoms with van der Waals surface area (Å²) in [6.45, 7) is 2.54. The van der Waals surface area contributed by atoms with E-state index < -0.39 is 5.91 Å². The second-order valence-electron chi connectivity index (χ2n) is 4.55. The van der Waals surface area contributed by atoms with Crippen molar-refractivity contribution in [1.82, 2.24) is 5.43 Å². The Bertz CT molecular complexity index is 699. The molecule has 0 spiro atoms. The van der Waals surface area contributed by atoms with Crippen LogP contribution in [0.3, 0.4) is 0 Å². The number of rotatable bonds is 6. The van der Waals surface area contributed by atoms with Crippen LogP contribution in [-0.2, 0) is 0 Å². The Balaban J connectivity index is 2.02. The molecule has 120 valence electrons. The highest BCUT2D eigenvalue weighted by Crippen LogP contribution is 2.22. The molecule has 0 bridgehead atoms. The molecule has 0 heterocycles. The predicted molar refractivity (Wildman–Crippen MR) is 90.7 cm³/mol. The van der Waals surface area contributed by atoms with E-state index in [1.807, 2.05) is 31.2 Å². The smallest absolute Gasteiger partial charge is 0.275 e. The largest absolute Gasteiger partial charge is 0.496 e. The number of carbonyl (C=O) groups excluding carboxylic acids is 1. The van der Waals surface area contributed by atoms with Gasteiger partial charge >= 0.3 is 0 Å². The minimum absolute atomic E-state index is 0.323. The monoisotopic (exact) mass is 332 g/mol. The molecule has 0 radical (unpaired) electrons. The Kier molecular flexibility index (Phi) is 6.00. The standard InChI is InChI=1S/C17H17ClN2O3/c1-3-23-14-7-4-12(5-8-14)11-19-20-17(21)15-10-13(18)6-9-16(15)22-2/h4-11H,3H2,1-2H3,(H,20,21). The lowest BCUT2D eigenvalue weighted by Crippen LogP contribution is -2.18. The van der Waals surface area contributed by atoms with E-state index in [2.05, 4.69) is 10.5 Å². The maximum atomic E-state index is 12.1. The molecule has 0 saturated heterocycles. The predicted octanol–water partition coefficient (Wildman–Crippen LogP) is 3.51. The number of hydrogen-bond donors (Lipinski definition) is 1. The van der Waals surface area contributed by atoms with Gasteiger partial charge in [0.2, 0.25) is 0 Å². The van der Waals surface area contributed by atoms with Gasteiger partial charge in [-0.25, -0.2) is 5.43 Å². The maximum Gasteiger partial charge on any atom is 0.275 e. The zero-order valence-electron chi connectivity index (χ0n) is 12.9. The van der Waals surface area contributed by atoms with E-state index in [-0.39, 0.29) is 0 Å². The van der Waals surface area contributed by atoms with Crippen molar-refractivity contribution >= 4 is 23.7 Å². The van der Waals surface area contributed by atoms with Crippen LogP contribution in [0, 0.1) is 0 Å². The Morgan fingerprint density at radius 3 is 2.65 bits per heavy atom. The van der Waals surface area contributed by atoms with Crippen LogP contribution in [0.4, 0.5) is 0 Å². The van der Waals surface area contributed by atoms with Gasteiger partial charge < -0.3 is 9.47 Å². The van der Waals surface area contributed by atoms with Gasteiger partial charge in [0.05, 0.1) is 25.5 Å². The number of hydrazone groups is 1. The zero-order valence-corrected chi connectivity index (χ0v) is 13.6. The summed E-state index contributed by atoms with van der Waals surface area (Å²) >= 11 is 5.90. The van der Waals surface area contributed by atoms with Crippen LogP contribution < -0.4 is 14.9 Å². The molecular formula is C17H17ClN2O3. The SMILES string of the molecule is CCOc1ccc(C=NNC(=O)c2cc(Cl)ccc2OC)cc1. The number of halogens is 1. The first-order valence-electron chi connectivity index (χ1n) is 7.04. The molecule has 0 saturated carbocycles. The molecule has 0 aliphatic carbocycles. The molecule has 2 rings (SSSR count). The summed E-state index contributed by atoms with van der Waals surface area (Å²) in [5, 5.41) is 4.39. The van der Waals surface area contributed by atoms with Crippen molar-refractivity contribution in [2.24, 2.45) is 5.10 Å². The highest BCUT2D eigenvalue weighted by atomic mass is 35.5. The van der Waals surface area contributed by atoms with Gasteiger partial charge in [0.25, 0.3) is 5.91 Å². The topological polar surface area (TPSA) is 59.9 Å². The number of ether oxygens (including phenoxy) is 2. The van der Waals surface area contributed by atoms with Crippen molar-refractivity contribution in [1.29, 1.82) is 0 Å². The third-order valence-corrected chi connectivity index (χ3v) is 3.21. The van der Waals surface area contributed by atoms with E-state index in [4.69, 9.17) is 21.1 Å². The number of benzene rings is 2. The fourth-order valence-corrected chi connectivity index (χ4v) is 2.07. The van der Waals surface area contributed by atoms with Gasteiger partial charge in [-0.2, -0.15) is 5.10 Å². The van der Waals surface area contributed by atoms with Crippen LogP contribution in [0.25, 0.3) is 0 Å². The first-order valence-corrected chi connectivity index (χ1v) is 7.41. The van der Waals surface area contributed by atoms with E-state index in [1.54, 1.807) is 18.3 Å². The first kappa shape index (κ1) is 16.8. The zero-order chi connectivity index (χ0) is 16.7. The summed E-state index contributed by atoms with van der Waals surface area (Å²) in [7, 11) is 1.49. The molecule has 0 aliphatic heterocycles. The number of methoxy groups -OCH3 is 1. The average molecular weight is 333 g/mol. The highest BCUT2D eigenvalue weighted by molar-refractivity contribution is 6.31. The lowest BCUT2D eigenvalue weighted by molar-refractivity contribution is 0.0952. The van der Waals surface area contributed by atoms with E-state index >= 15 is 0 Å². The summed E-state index contributed by atoms with van der Waals surface area (Å²) in [4.78, 5) is 12.1.